The Labute approximate surface area is 124 Å². The van der Waals surface area contributed by atoms with E-state index in [0.717, 1.165) is 0 Å². The van der Waals surface area contributed by atoms with E-state index in [1.54, 1.807) is 12.1 Å². The van der Waals surface area contributed by atoms with Crippen LogP contribution in [0, 0.1) is 11.8 Å². The molecule has 3 N–H and O–H groups in total. The van der Waals surface area contributed by atoms with Gasteiger partial charge in [0, 0.05) is 13.2 Å². The van der Waals surface area contributed by atoms with Gasteiger partial charge in [0.05, 0.1) is 6.26 Å². The number of amides is 2. The Hall–Kier alpha value is -1.82. The van der Waals surface area contributed by atoms with Crippen LogP contribution in [0.3, 0.4) is 0 Å². The summed E-state index contributed by atoms with van der Waals surface area (Å²) in [6.07, 6.45) is 2.04. The number of hydrogen-bond acceptors (Lipinski definition) is 4. The van der Waals surface area contributed by atoms with E-state index in [4.69, 9.17) is 9.52 Å². The number of aliphatic hydroxyl groups is 1. The molecule has 1 aromatic heterocycles. The molecule has 6 heteroatoms. The first-order chi connectivity index (χ1) is 9.95. The molecule has 2 amide bonds. The standard InChI is InChI=1S/C15H24N2O4/c1-10(2)13(15(20)16-9-11(3)6-7-18)17-14(19)12-5-4-8-21-12/h4-5,8,10-11,13,18H,6-7,9H2,1-3H3,(H,16,20)(H,17,19). The first-order valence-corrected chi connectivity index (χ1v) is 7.18. The highest BCUT2D eigenvalue weighted by atomic mass is 16.3. The van der Waals surface area contributed by atoms with Crippen molar-refractivity contribution < 1.29 is 19.1 Å². The van der Waals surface area contributed by atoms with Crippen LogP contribution in [0.4, 0.5) is 0 Å². The molecule has 1 rings (SSSR count). The van der Waals surface area contributed by atoms with Gasteiger partial charge >= 0.3 is 0 Å². The molecule has 0 aliphatic carbocycles. The highest BCUT2D eigenvalue weighted by Crippen LogP contribution is 2.06. The summed E-state index contributed by atoms with van der Waals surface area (Å²) in [5, 5.41) is 14.3. The maximum Gasteiger partial charge on any atom is 0.287 e. The van der Waals surface area contributed by atoms with Gasteiger partial charge in [-0.15, -0.1) is 0 Å². The Morgan fingerprint density at radius 3 is 2.57 bits per heavy atom. The zero-order chi connectivity index (χ0) is 15.8. The van der Waals surface area contributed by atoms with E-state index in [9.17, 15) is 9.59 Å². The molecule has 6 nitrogen and oxygen atoms in total. The predicted octanol–water partition coefficient (Wildman–Crippen LogP) is 1.17. The van der Waals surface area contributed by atoms with E-state index in [0.29, 0.717) is 13.0 Å². The lowest BCUT2D eigenvalue weighted by atomic mass is 10.0. The van der Waals surface area contributed by atoms with E-state index >= 15 is 0 Å². The minimum atomic E-state index is -0.621. The molecule has 2 atom stereocenters. The SMILES string of the molecule is CC(CCO)CNC(=O)C(NC(=O)c1ccco1)C(C)C. The second-order valence-electron chi connectivity index (χ2n) is 5.54. The van der Waals surface area contributed by atoms with E-state index in [2.05, 4.69) is 10.6 Å². The van der Waals surface area contributed by atoms with Gasteiger partial charge in [-0.1, -0.05) is 20.8 Å². The second-order valence-corrected chi connectivity index (χ2v) is 5.54. The van der Waals surface area contributed by atoms with E-state index in [1.165, 1.54) is 6.26 Å². The van der Waals surface area contributed by atoms with Crippen molar-refractivity contribution in [1.29, 1.82) is 0 Å². The molecule has 118 valence electrons. The summed E-state index contributed by atoms with van der Waals surface area (Å²) in [6.45, 7) is 6.25. The van der Waals surface area contributed by atoms with Crippen LogP contribution in [-0.2, 0) is 4.79 Å². The minimum Gasteiger partial charge on any atom is -0.459 e. The monoisotopic (exact) mass is 296 g/mol. The predicted molar refractivity (Wildman–Crippen MR) is 78.7 cm³/mol. The molecular weight excluding hydrogens is 272 g/mol. The van der Waals surface area contributed by atoms with Gasteiger partial charge in [0.25, 0.3) is 5.91 Å². The Balaban J connectivity index is 2.56. The molecule has 21 heavy (non-hydrogen) atoms. The average Bonchev–Trinajstić information content (AvgIpc) is 2.96. The summed E-state index contributed by atoms with van der Waals surface area (Å²) in [5.74, 6) is -0.307. The number of nitrogens with one attached hydrogen (secondary N) is 2. The van der Waals surface area contributed by atoms with Crippen LogP contribution in [0.15, 0.2) is 22.8 Å². The molecule has 0 spiro atoms. The van der Waals surface area contributed by atoms with Crippen molar-refractivity contribution in [2.75, 3.05) is 13.2 Å². The molecule has 0 aromatic carbocycles. The molecule has 0 radical (unpaired) electrons. The van der Waals surface area contributed by atoms with Crippen molar-refractivity contribution in [2.24, 2.45) is 11.8 Å². The van der Waals surface area contributed by atoms with Gasteiger partial charge in [-0.05, 0) is 30.4 Å². The first kappa shape index (κ1) is 17.2. The largest absolute Gasteiger partial charge is 0.459 e. The smallest absolute Gasteiger partial charge is 0.287 e. The molecule has 1 aromatic rings. The zero-order valence-corrected chi connectivity index (χ0v) is 12.8. The van der Waals surface area contributed by atoms with Gasteiger partial charge in [-0.25, -0.2) is 0 Å². The molecule has 1 heterocycles. The third kappa shape index (κ3) is 5.59. The normalized spacial score (nSPS) is 13.8. The summed E-state index contributed by atoms with van der Waals surface area (Å²) in [6, 6.07) is 2.55. The summed E-state index contributed by atoms with van der Waals surface area (Å²) >= 11 is 0. The van der Waals surface area contributed by atoms with Crippen LogP contribution in [0.5, 0.6) is 0 Å². The highest BCUT2D eigenvalue weighted by molar-refractivity contribution is 5.95. The van der Waals surface area contributed by atoms with Crippen molar-refractivity contribution in [3.05, 3.63) is 24.2 Å². The number of carbonyl (C=O) groups is 2. The summed E-state index contributed by atoms with van der Waals surface area (Å²) in [5.41, 5.74) is 0. The third-order valence-electron chi connectivity index (χ3n) is 3.23. The lowest BCUT2D eigenvalue weighted by molar-refractivity contribution is -0.124. The van der Waals surface area contributed by atoms with Gasteiger partial charge in [0.1, 0.15) is 6.04 Å². The maximum atomic E-state index is 12.2. The lowest BCUT2D eigenvalue weighted by Crippen LogP contribution is -2.50. The molecular formula is C15H24N2O4. The van der Waals surface area contributed by atoms with Gasteiger partial charge < -0.3 is 20.2 Å². The molecule has 0 fully saturated rings. The molecule has 0 bridgehead atoms. The van der Waals surface area contributed by atoms with Gasteiger partial charge in [0.15, 0.2) is 5.76 Å². The highest BCUT2D eigenvalue weighted by Gasteiger charge is 2.25. The fourth-order valence-corrected chi connectivity index (χ4v) is 1.86. The number of rotatable bonds is 8. The quantitative estimate of drug-likeness (QED) is 0.671. The Morgan fingerprint density at radius 1 is 1.33 bits per heavy atom. The minimum absolute atomic E-state index is 0.0444. The topological polar surface area (TPSA) is 91.6 Å². The molecule has 0 saturated heterocycles. The van der Waals surface area contributed by atoms with Gasteiger partial charge in [-0.2, -0.15) is 0 Å². The summed E-state index contributed by atoms with van der Waals surface area (Å²) in [7, 11) is 0. The van der Waals surface area contributed by atoms with Gasteiger partial charge in [-0.3, -0.25) is 9.59 Å². The Kier molecular flexibility index (Phi) is 6.94. The van der Waals surface area contributed by atoms with Crippen LogP contribution in [0.2, 0.25) is 0 Å². The number of aliphatic hydroxyl groups excluding tert-OH is 1. The maximum absolute atomic E-state index is 12.2. The van der Waals surface area contributed by atoms with Gasteiger partial charge in [0.2, 0.25) is 5.91 Å². The fourth-order valence-electron chi connectivity index (χ4n) is 1.86. The van der Waals surface area contributed by atoms with E-state index in [-0.39, 0.29) is 30.1 Å². The number of hydrogen-bond donors (Lipinski definition) is 3. The second kappa shape index (κ2) is 8.46. The third-order valence-corrected chi connectivity index (χ3v) is 3.23. The molecule has 0 saturated carbocycles. The Bertz CT molecular complexity index is 443. The van der Waals surface area contributed by atoms with Crippen molar-refractivity contribution in [3.63, 3.8) is 0 Å². The molecule has 0 aliphatic heterocycles. The van der Waals surface area contributed by atoms with Crippen molar-refractivity contribution in [1.82, 2.24) is 10.6 Å². The molecule has 2 unspecified atom stereocenters. The van der Waals surface area contributed by atoms with Crippen LogP contribution >= 0.6 is 0 Å². The number of furan rings is 1. The van der Waals surface area contributed by atoms with Crippen molar-refractivity contribution in [2.45, 2.75) is 33.2 Å². The van der Waals surface area contributed by atoms with Crippen LogP contribution < -0.4 is 10.6 Å². The van der Waals surface area contributed by atoms with Crippen LogP contribution in [0.1, 0.15) is 37.7 Å². The molecule has 0 aliphatic rings. The van der Waals surface area contributed by atoms with Crippen LogP contribution in [0.25, 0.3) is 0 Å². The first-order valence-electron chi connectivity index (χ1n) is 7.18. The van der Waals surface area contributed by atoms with Crippen LogP contribution in [-0.4, -0.2) is 36.1 Å². The Morgan fingerprint density at radius 2 is 2.05 bits per heavy atom. The van der Waals surface area contributed by atoms with Crippen molar-refractivity contribution in [3.8, 4) is 0 Å². The van der Waals surface area contributed by atoms with Crippen molar-refractivity contribution >= 4 is 11.8 Å². The fraction of sp³-hybridized carbons (Fsp3) is 0.600. The lowest BCUT2D eigenvalue weighted by Gasteiger charge is -2.22. The summed E-state index contributed by atoms with van der Waals surface area (Å²) in [4.78, 5) is 24.1. The average molecular weight is 296 g/mol. The summed E-state index contributed by atoms with van der Waals surface area (Å²) < 4.78 is 5.01. The van der Waals surface area contributed by atoms with E-state index in [1.807, 2.05) is 20.8 Å². The van der Waals surface area contributed by atoms with E-state index < -0.39 is 11.9 Å². The zero-order valence-electron chi connectivity index (χ0n) is 12.8. The number of carbonyl (C=O) groups excluding carboxylic acids is 2.